The van der Waals surface area contributed by atoms with E-state index in [4.69, 9.17) is 4.74 Å². The molecule has 6 nitrogen and oxygen atoms in total. The van der Waals surface area contributed by atoms with E-state index < -0.39 is 0 Å². The molecule has 6 heteroatoms. The van der Waals surface area contributed by atoms with E-state index in [0.29, 0.717) is 23.9 Å². The molecule has 1 heterocycles. The van der Waals surface area contributed by atoms with Crippen LogP contribution in [0.15, 0.2) is 36.5 Å². The van der Waals surface area contributed by atoms with Crippen LogP contribution in [0.5, 0.6) is 5.75 Å². The molecule has 2 rings (SSSR count). The number of carbonyl (C=O) groups excluding carboxylic acids is 1. The minimum atomic E-state index is -0.266. The monoisotopic (exact) mass is 328 g/mol. The number of ether oxygens (including phenoxy) is 1. The van der Waals surface area contributed by atoms with Gasteiger partial charge in [-0.05, 0) is 43.7 Å². The number of nitrogens with one attached hydrogen (secondary N) is 2. The van der Waals surface area contributed by atoms with Gasteiger partial charge < -0.3 is 15.4 Å². The van der Waals surface area contributed by atoms with Gasteiger partial charge in [0.25, 0.3) is 5.91 Å². The van der Waals surface area contributed by atoms with Crippen LogP contribution in [0.4, 0.5) is 11.6 Å². The second kappa shape index (κ2) is 9.50. The first-order valence-electron chi connectivity index (χ1n) is 8.34. The zero-order chi connectivity index (χ0) is 17.2. The fourth-order valence-electron chi connectivity index (χ4n) is 2.14. The third kappa shape index (κ3) is 5.53. The second-order valence-corrected chi connectivity index (χ2v) is 5.31. The van der Waals surface area contributed by atoms with E-state index in [2.05, 4.69) is 27.5 Å². The first-order chi connectivity index (χ1) is 11.7. The van der Waals surface area contributed by atoms with Crippen molar-refractivity contribution >= 4 is 17.5 Å². The van der Waals surface area contributed by atoms with Crippen LogP contribution in [-0.2, 0) is 0 Å². The topological polar surface area (TPSA) is 76.1 Å². The van der Waals surface area contributed by atoms with Crippen molar-refractivity contribution in [2.24, 2.45) is 0 Å². The van der Waals surface area contributed by atoms with Crippen molar-refractivity contribution in [3.05, 3.63) is 42.2 Å². The molecule has 0 aliphatic rings. The molecule has 0 radical (unpaired) electrons. The predicted molar refractivity (Wildman–Crippen MR) is 95.6 cm³/mol. The van der Waals surface area contributed by atoms with Gasteiger partial charge >= 0.3 is 0 Å². The average molecular weight is 328 g/mol. The molecule has 0 aliphatic carbocycles. The van der Waals surface area contributed by atoms with Crippen LogP contribution in [0.25, 0.3) is 0 Å². The van der Waals surface area contributed by atoms with Crippen LogP contribution in [-0.4, -0.2) is 29.0 Å². The number of amides is 1. The van der Waals surface area contributed by atoms with Crippen LogP contribution < -0.4 is 15.4 Å². The maximum atomic E-state index is 12.3. The van der Waals surface area contributed by atoms with Crippen molar-refractivity contribution < 1.29 is 9.53 Å². The zero-order valence-corrected chi connectivity index (χ0v) is 14.2. The SMILES string of the molecule is CCCCCNc1nccc(C(=O)Nc2ccc(OCC)cc2)n1. The van der Waals surface area contributed by atoms with E-state index in [1.54, 1.807) is 24.4 Å². The van der Waals surface area contributed by atoms with Crippen molar-refractivity contribution in [3.8, 4) is 5.75 Å². The number of aromatic nitrogens is 2. The minimum absolute atomic E-state index is 0.266. The first-order valence-corrected chi connectivity index (χ1v) is 8.34. The Balaban J connectivity index is 1.94. The van der Waals surface area contributed by atoms with E-state index in [-0.39, 0.29) is 5.91 Å². The summed E-state index contributed by atoms with van der Waals surface area (Å²) in [5.74, 6) is 0.986. The van der Waals surface area contributed by atoms with Crippen LogP contribution in [0, 0.1) is 0 Å². The fraction of sp³-hybridized carbons (Fsp3) is 0.389. The summed E-state index contributed by atoms with van der Waals surface area (Å²) in [6.45, 7) is 5.50. The fourth-order valence-corrected chi connectivity index (χ4v) is 2.14. The Hall–Kier alpha value is -2.63. The molecule has 0 spiro atoms. The van der Waals surface area contributed by atoms with Gasteiger partial charge in [0.2, 0.25) is 5.95 Å². The second-order valence-electron chi connectivity index (χ2n) is 5.31. The van der Waals surface area contributed by atoms with Crippen molar-refractivity contribution in [1.82, 2.24) is 9.97 Å². The highest BCUT2D eigenvalue weighted by atomic mass is 16.5. The lowest BCUT2D eigenvalue weighted by Crippen LogP contribution is -2.15. The number of anilines is 2. The summed E-state index contributed by atoms with van der Waals surface area (Å²) in [5, 5.41) is 5.96. The van der Waals surface area contributed by atoms with Gasteiger partial charge in [0, 0.05) is 18.4 Å². The molecule has 0 saturated heterocycles. The molecule has 24 heavy (non-hydrogen) atoms. The summed E-state index contributed by atoms with van der Waals surface area (Å²) in [5.41, 5.74) is 1.02. The van der Waals surface area contributed by atoms with Gasteiger partial charge in [0.15, 0.2) is 0 Å². The van der Waals surface area contributed by atoms with Crippen LogP contribution in [0.3, 0.4) is 0 Å². The maximum absolute atomic E-state index is 12.3. The molecule has 0 bridgehead atoms. The zero-order valence-electron chi connectivity index (χ0n) is 14.2. The smallest absolute Gasteiger partial charge is 0.274 e. The normalized spacial score (nSPS) is 10.2. The molecular formula is C18H24N4O2. The number of hydrogen-bond acceptors (Lipinski definition) is 5. The minimum Gasteiger partial charge on any atom is -0.494 e. The molecule has 0 fully saturated rings. The summed E-state index contributed by atoms with van der Waals surface area (Å²) < 4.78 is 5.38. The van der Waals surface area contributed by atoms with Crippen molar-refractivity contribution in [1.29, 1.82) is 0 Å². The highest BCUT2D eigenvalue weighted by Crippen LogP contribution is 2.16. The van der Waals surface area contributed by atoms with Gasteiger partial charge in [0.05, 0.1) is 6.61 Å². The molecule has 0 saturated carbocycles. The highest BCUT2D eigenvalue weighted by Gasteiger charge is 2.09. The third-order valence-electron chi connectivity index (χ3n) is 3.37. The lowest BCUT2D eigenvalue weighted by Gasteiger charge is -2.08. The number of benzene rings is 1. The summed E-state index contributed by atoms with van der Waals surface area (Å²) >= 11 is 0. The van der Waals surface area contributed by atoms with Gasteiger partial charge in [-0.2, -0.15) is 0 Å². The Morgan fingerprint density at radius 1 is 1.12 bits per heavy atom. The molecule has 128 valence electrons. The number of nitrogens with zero attached hydrogens (tertiary/aromatic N) is 2. The van der Waals surface area contributed by atoms with E-state index in [9.17, 15) is 4.79 Å². The van der Waals surface area contributed by atoms with Gasteiger partial charge in [-0.15, -0.1) is 0 Å². The Morgan fingerprint density at radius 3 is 2.62 bits per heavy atom. The molecule has 0 aliphatic heterocycles. The summed E-state index contributed by atoms with van der Waals surface area (Å²) in [6, 6.07) is 8.84. The van der Waals surface area contributed by atoms with Crippen molar-refractivity contribution in [2.75, 3.05) is 23.8 Å². The lowest BCUT2D eigenvalue weighted by molar-refractivity contribution is 0.102. The molecule has 1 aromatic carbocycles. The standard InChI is InChI=1S/C18H24N4O2/c1-3-5-6-12-19-18-20-13-11-16(22-18)17(23)21-14-7-9-15(10-8-14)24-4-2/h7-11,13H,3-6,12H2,1-2H3,(H,21,23)(H,19,20,22). The van der Waals surface area contributed by atoms with Gasteiger partial charge in [-0.3, -0.25) is 4.79 Å². The molecule has 2 N–H and O–H groups in total. The molecule has 0 atom stereocenters. The summed E-state index contributed by atoms with van der Waals surface area (Å²) in [4.78, 5) is 20.7. The Bertz CT molecular complexity index is 644. The molecular weight excluding hydrogens is 304 g/mol. The quantitative estimate of drug-likeness (QED) is 0.686. The van der Waals surface area contributed by atoms with Crippen LogP contribution in [0.2, 0.25) is 0 Å². The predicted octanol–water partition coefficient (Wildman–Crippen LogP) is 3.73. The Kier molecular flexibility index (Phi) is 7.01. The maximum Gasteiger partial charge on any atom is 0.274 e. The first kappa shape index (κ1) is 17.7. The summed E-state index contributed by atoms with van der Waals surface area (Å²) in [7, 11) is 0. The molecule has 1 aromatic heterocycles. The van der Waals surface area contributed by atoms with E-state index >= 15 is 0 Å². The van der Waals surface area contributed by atoms with E-state index in [1.165, 1.54) is 0 Å². The Morgan fingerprint density at radius 2 is 1.92 bits per heavy atom. The number of unbranched alkanes of at least 4 members (excludes halogenated alkanes) is 2. The van der Waals surface area contributed by atoms with E-state index in [0.717, 1.165) is 31.6 Å². The van der Waals surface area contributed by atoms with Gasteiger partial charge in [-0.25, -0.2) is 9.97 Å². The van der Waals surface area contributed by atoms with Crippen molar-refractivity contribution in [3.63, 3.8) is 0 Å². The van der Waals surface area contributed by atoms with Gasteiger partial charge in [-0.1, -0.05) is 19.8 Å². The Labute approximate surface area is 142 Å². The van der Waals surface area contributed by atoms with E-state index in [1.807, 2.05) is 19.1 Å². The molecule has 2 aromatic rings. The van der Waals surface area contributed by atoms with Crippen LogP contribution >= 0.6 is 0 Å². The number of rotatable bonds is 9. The van der Waals surface area contributed by atoms with Crippen molar-refractivity contribution in [2.45, 2.75) is 33.1 Å². The lowest BCUT2D eigenvalue weighted by atomic mass is 10.2. The highest BCUT2D eigenvalue weighted by molar-refractivity contribution is 6.02. The van der Waals surface area contributed by atoms with Crippen LogP contribution in [0.1, 0.15) is 43.6 Å². The average Bonchev–Trinajstić information content (AvgIpc) is 2.61. The number of hydrogen-bond donors (Lipinski definition) is 2. The number of carbonyl (C=O) groups is 1. The largest absolute Gasteiger partial charge is 0.494 e. The molecule has 1 amide bonds. The summed E-state index contributed by atoms with van der Waals surface area (Å²) in [6.07, 6.45) is 4.96. The van der Waals surface area contributed by atoms with Gasteiger partial charge in [0.1, 0.15) is 11.4 Å². The molecule has 0 unspecified atom stereocenters. The third-order valence-corrected chi connectivity index (χ3v) is 3.37.